The Morgan fingerprint density at radius 3 is 1.67 bits per heavy atom. The van der Waals surface area contributed by atoms with E-state index in [1.807, 2.05) is 6.92 Å². The molecule has 1 aliphatic rings. The molecule has 0 fully saturated rings. The molecular formula is C30H40Br2O. The van der Waals surface area contributed by atoms with Gasteiger partial charge in [-0.3, -0.25) is 4.79 Å². The fourth-order valence-corrected chi connectivity index (χ4v) is 6.51. The molecule has 0 spiro atoms. The van der Waals surface area contributed by atoms with Crippen LogP contribution in [0.3, 0.4) is 0 Å². The quantitative estimate of drug-likeness (QED) is 0.205. The van der Waals surface area contributed by atoms with E-state index < -0.39 is 5.41 Å². The highest BCUT2D eigenvalue weighted by Gasteiger charge is 2.49. The lowest BCUT2D eigenvalue weighted by atomic mass is 9.67. The highest BCUT2D eigenvalue weighted by molar-refractivity contribution is 9.10. The summed E-state index contributed by atoms with van der Waals surface area (Å²) in [6.07, 6.45) is 14.3. The number of ketones is 1. The van der Waals surface area contributed by atoms with Crippen LogP contribution in [0, 0.1) is 5.92 Å². The number of hydrogen-bond donors (Lipinski definition) is 0. The Morgan fingerprint density at radius 1 is 0.758 bits per heavy atom. The zero-order valence-corrected chi connectivity index (χ0v) is 23.9. The normalized spacial score (nSPS) is 13.9. The predicted octanol–water partition coefficient (Wildman–Crippen LogP) is 10.4. The highest BCUT2D eigenvalue weighted by atomic mass is 79.9. The third kappa shape index (κ3) is 6.01. The largest absolute Gasteiger partial charge is 0.298 e. The molecule has 0 saturated carbocycles. The first kappa shape index (κ1) is 26.7. The summed E-state index contributed by atoms with van der Waals surface area (Å²) in [7, 11) is 0. The molecule has 0 aliphatic heterocycles. The first-order valence-corrected chi connectivity index (χ1v) is 14.7. The Balaban J connectivity index is 2.03. The number of hydrogen-bond acceptors (Lipinski definition) is 1. The fourth-order valence-electron chi connectivity index (χ4n) is 5.79. The van der Waals surface area contributed by atoms with Gasteiger partial charge in [-0.25, -0.2) is 0 Å². The maximum Gasteiger partial charge on any atom is 0.147 e. The van der Waals surface area contributed by atoms with Crippen LogP contribution in [0.25, 0.3) is 11.1 Å². The lowest BCUT2D eigenvalue weighted by Crippen LogP contribution is -2.37. The Morgan fingerprint density at radius 2 is 1.24 bits per heavy atom. The van der Waals surface area contributed by atoms with E-state index in [9.17, 15) is 4.79 Å². The van der Waals surface area contributed by atoms with E-state index in [1.54, 1.807) is 0 Å². The molecule has 3 rings (SSSR count). The number of unbranched alkanes of at least 4 members (excludes halogenated alkanes) is 6. The molecule has 0 bridgehead atoms. The molecule has 0 heterocycles. The number of carbonyl (C=O) groups excluding carboxylic acids is 1. The average Bonchev–Trinajstić information content (AvgIpc) is 3.07. The molecule has 0 amide bonds. The summed E-state index contributed by atoms with van der Waals surface area (Å²) in [6, 6.07) is 13.1. The third-order valence-electron chi connectivity index (χ3n) is 7.50. The van der Waals surface area contributed by atoms with Crippen LogP contribution in [0.15, 0.2) is 45.3 Å². The van der Waals surface area contributed by atoms with Gasteiger partial charge in [-0.15, -0.1) is 0 Å². The van der Waals surface area contributed by atoms with Crippen molar-refractivity contribution in [2.75, 3.05) is 0 Å². The maximum atomic E-state index is 13.9. The van der Waals surface area contributed by atoms with Crippen molar-refractivity contribution < 1.29 is 4.79 Å². The summed E-state index contributed by atoms with van der Waals surface area (Å²) in [5.41, 5.74) is 4.36. The predicted molar refractivity (Wildman–Crippen MR) is 149 cm³/mol. The monoisotopic (exact) mass is 574 g/mol. The minimum atomic E-state index is -0.535. The van der Waals surface area contributed by atoms with Crippen molar-refractivity contribution in [1.29, 1.82) is 0 Å². The minimum absolute atomic E-state index is 0.366. The summed E-state index contributed by atoms with van der Waals surface area (Å²) in [5, 5.41) is 0. The molecule has 0 N–H and O–H groups in total. The summed E-state index contributed by atoms with van der Waals surface area (Å²) in [5.74, 6) is 0.941. The molecule has 3 heteroatoms. The standard InChI is InChI=1S/C30H40Br2O/c1-4-7-9-11-13-22(14-12-10-8-5-2)21-30(29(33)6-3)27-19-23(31)15-17-25(27)26-18-16-24(32)20-28(26)30/h15-20,22H,4-14,21H2,1-3H3. The van der Waals surface area contributed by atoms with E-state index in [0.717, 1.165) is 15.4 Å². The van der Waals surface area contributed by atoms with Gasteiger partial charge < -0.3 is 0 Å². The molecule has 0 radical (unpaired) electrons. The Hall–Kier alpha value is -0.930. The van der Waals surface area contributed by atoms with Crippen LogP contribution in [0.5, 0.6) is 0 Å². The van der Waals surface area contributed by atoms with Gasteiger partial charge in [0, 0.05) is 15.4 Å². The molecule has 180 valence electrons. The molecule has 33 heavy (non-hydrogen) atoms. The van der Waals surface area contributed by atoms with Crippen LogP contribution in [0.1, 0.15) is 109 Å². The Bertz CT molecular complexity index is 869. The second-order valence-corrected chi connectivity index (χ2v) is 11.7. The topological polar surface area (TPSA) is 17.1 Å². The Labute approximate surface area is 218 Å². The molecule has 2 aromatic rings. The van der Waals surface area contributed by atoms with Crippen LogP contribution in [-0.2, 0) is 10.2 Å². The second kappa shape index (κ2) is 12.7. The van der Waals surface area contributed by atoms with E-state index in [0.29, 0.717) is 18.1 Å². The van der Waals surface area contributed by atoms with Gasteiger partial charge in [-0.2, -0.15) is 0 Å². The highest BCUT2D eigenvalue weighted by Crippen LogP contribution is 2.55. The van der Waals surface area contributed by atoms with Crippen molar-refractivity contribution in [3.63, 3.8) is 0 Å². The summed E-state index contributed by atoms with van der Waals surface area (Å²) in [4.78, 5) is 13.9. The van der Waals surface area contributed by atoms with Crippen molar-refractivity contribution in [3.8, 4) is 11.1 Å². The third-order valence-corrected chi connectivity index (χ3v) is 8.48. The van der Waals surface area contributed by atoms with Gasteiger partial charge in [0.05, 0.1) is 5.41 Å². The molecule has 1 aliphatic carbocycles. The van der Waals surface area contributed by atoms with Gasteiger partial charge in [-0.05, 0) is 58.9 Å². The lowest BCUT2D eigenvalue weighted by Gasteiger charge is -2.35. The van der Waals surface area contributed by atoms with Crippen molar-refractivity contribution in [1.82, 2.24) is 0 Å². The van der Waals surface area contributed by atoms with E-state index in [1.165, 1.54) is 86.5 Å². The Kier molecular flexibility index (Phi) is 10.2. The van der Waals surface area contributed by atoms with Gasteiger partial charge in [0.2, 0.25) is 0 Å². The molecule has 0 aromatic heterocycles. The number of benzene rings is 2. The second-order valence-electron chi connectivity index (χ2n) is 9.83. The SMILES string of the molecule is CCCCCCC(CCCCCC)CC1(C(=O)CC)c2cc(Br)ccc2-c2ccc(Br)cc21. The van der Waals surface area contributed by atoms with Gasteiger partial charge in [0.15, 0.2) is 0 Å². The van der Waals surface area contributed by atoms with Crippen molar-refractivity contribution in [2.24, 2.45) is 5.92 Å². The molecule has 1 nitrogen and oxygen atoms in total. The number of carbonyl (C=O) groups is 1. The smallest absolute Gasteiger partial charge is 0.147 e. The fraction of sp³-hybridized carbons (Fsp3) is 0.567. The number of rotatable bonds is 14. The average molecular weight is 576 g/mol. The summed E-state index contributed by atoms with van der Waals surface area (Å²) in [6.45, 7) is 6.59. The molecular weight excluding hydrogens is 536 g/mol. The van der Waals surface area contributed by atoms with Crippen LogP contribution >= 0.6 is 31.9 Å². The van der Waals surface area contributed by atoms with Crippen molar-refractivity contribution >= 4 is 37.6 Å². The lowest BCUT2D eigenvalue weighted by molar-refractivity contribution is -0.123. The first-order chi connectivity index (χ1) is 16.0. The molecule has 2 aromatic carbocycles. The van der Waals surface area contributed by atoms with Gasteiger partial charge in [0.25, 0.3) is 0 Å². The molecule has 0 saturated heterocycles. The molecule has 0 atom stereocenters. The van der Waals surface area contributed by atoms with Crippen LogP contribution in [0.2, 0.25) is 0 Å². The van der Waals surface area contributed by atoms with Gasteiger partial charge in [0.1, 0.15) is 5.78 Å². The van der Waals surface area contributed by atoms with Crippen LogP contribution < -0.4 is 0 Å². The van der Waals surface area contributed by atoms with Crippen molar-refractivity contribution in [3.05, 3.63) is 56.5 Å². The zero-order chi connectivity index (χ0) is 23.8. The van der Waals surface area contributed by atoms with Gasteiger partial charge >= 0.3 is 0 Å². The molecule has 0 unspecified atom stereocenters. The van der Waals surface area contributed by atoms with Gasteiger partial charge in [-0.1, -0.05) is 129 Å². The summed E-state index contributed by atoms with van der Waals surface area (Å²) < 4.78 is 2.12. The maximum absolute atomic E-state index is 13.9. The first-order valence-electron chi connectivity index (χ1n) is 13.1. The van der Waals surface area contributed by atoms with Crippen molar-refractivity contribution in [2.45, 2.75) is 103 Å². The number of halogens is 2. The summed E-state index contributed by atoms with van der Waals surface area (Å²) >= 11 is 7.42. The van der Waals surface area contributed by atoms with Crippen LogP contribution in [-0.4, -0.2) is 5.78 Å². The van der Waals surface area contributed by atoms with E-state index in [-0.39, 0.29) is 0 Å². The van der Waals surface area contributed by atoms with E-state index in [4.69, 9.17) is 0 Å². The number of Topliss-reactive ketones (excluding diaryl/α,β-unsaturated/α-hetero) is 1. The van der Waals surface area contributed by atoms with Crippen LogP contribution in [0.4, 0.5) is 0 Å². The number of fused-ring (bicyclic) bond motifs is 3. The van der Waals surface area contributed by atoms with E-state index >= 15 is 0 Å². The minimum Gasteiger partial charge on any atom is -0.298 e. The van der Waals surface area contributed by atoms with E-state index in [2.05, 4.69) is 82.1 Å². The zero-order valence-electron chi connectivity index (χ0n) is 20.7.